The molecule has 0 saturated carbocycles. The van der Waals surface area contributed by atoms with Crippen molar-refractivity contribution in [2.75, 3.05) is 10.6 Å². The van der Waals surface area contributed by atoms with Crippen molar-refractivity contribution in [3.8, 4) is 0 Å². The maximum atomic E-state index is 11.5. The Morgan fingerprint density at radius 3 is 1.65 bits per heavy atom. The molecule has 8 heteroatoms. The zero-order valence-corrected chi connectivity index (χ0v) is 30.2. The van der Waals surface area contributed by atoms with Crippen LogP contribution >= 0.6 is 0 Å². The molecule has 0 heterocycles. The Hall–Kier alpha value is -4.50. The topological polar surface area (TPSA) is 93.6 Å². The number of nitrogens with zero attached hydrogens (tertiary/aromatic N) is 1. The van der Waals surface area contributed by atoms with Crippen LogP contribution < -0.4 is 40.2 Å². The van der Waals surface area contributed by atoms with Crippen LogP contribution in [0.15, 0.2) is 155 Å². The Kier molecular flexibility index (Phi) is 11.0. The second-order valence-electron chi connectivity index (χ2n) is 11.6. The molecule has 0 aromatic heterocycles. The van der Waals surface area contributed by atoms with Gasteiger partial charge in [0.05, 0.1) is 16.3 Å². The predicted octanol–water partition coefficient (Wildman–Crippen LogP) is 6.71. The molecule has 234 valence electrons. The standard InChI is InChI=1S/C40H35N3O3S.Na/c1-27-6-4-8-36(24-27)41-33-16-10-30(11-17-33)40(31-12-18-34(19-13-31)42-37-9-5-7-28(2)25-37)32-14-20-35(21-15-32)43-38-22-23-39(29(3)26-38)47(44,45)46;/h4-26,41,43H,1-3H3,(H,44,45,46);/q;+1/p-1. The molecule has 2 N–H and O–H groups in total. The summed E-state index contributed by atoms with van der Waals surface area (Å²) in [5.74, 6) is 0. The molecule has 6 rings (SSSR count). The predicted molar refractivity (Wildman–Crippen MR) is 192 cm³/mol. The quantitative estimate of drug-likeness (QED) is 0.143. The average Bonchev–Trinajstić information content (AvgIpc) is 3.03. The summed E-state index contributed by atoms with van der Waals surface area (Å²) in [6.07, 6.45) is 8.28. The third kappa shape index (κ3) is 8.69. The summed E-state index contributed by atoms with van der Waals surface area (Å²) in [4.78, 5) is 4.59. The summed E-state index contributed by atoms with van der Waals surface area (Å²) in [7, 11) is -4.52. The van der Waals surface area contributed by atoms with Crippen molar-refractivity contribution in [1.82, 2.24) is 0 Å². The van der Waals surface area contributed by atoms with Gasteiger partial charge in [0, 0.05) is 22.7 Å². The minimum Gasteiger partial charge on any atom is -0.744 e. The van der Waals surface area contributed by atoms with Gasteiger partial charge in [0.25, 0.3) is 0 Å². The van der Waals surface area contributed by atoms with Gasteiger partial charge in [-0.15, -0.1) is 0 Å². The normalized spacial score (nSPS) is 12.3. The van der Waals surface area contributed by atoms with E-state index >= 15 is 0 Å². The van der Waals surface area contributed by atoms with Crippen molar-refractivity contribution in [3.05, 3.63) is 173 Å². The number of hydrogen-bond acceptors (Lipinski definition) is 6. The summed E-state index contributed by atoms with van der Waals surface area (Å²) >= 11 is 0. The van der Waals surface area contributed by atoms with E-state index < -0.39 is 10.1 Å². The molecule has 48 heavy (non-hydrogen) atoms. The zero-order valence-electron chi connectivity index (χ0n) is 27.4. The maximum Gasteiger partial charge on any atom is 1.00 e. The van der Waals surface area contributed by atoms with Crippen molar-refractivity contribution in [3.63, 3.8) is 0 Å². The van der Waals surface area contributed by atoms with E-state index in [1.165, 1.54) is 17.2 Å². The first-order valence-electron chi connectivity index (χ1n) is 15.2. The number of rotatable bonds is 8. The van der Waals surface area contributed by atoms with E-state index in [2.05, 4.69) is 103 Å². The largest absolute Gasteiger partial charge is 1.00 e. The number of anilines is 4. The maximum absolute atomic E-state index is 11.5. The van der Waals surface area contributed by atoms with E-state index in [1.807, 2.05) is 42.5 Å². The van der Waals surface area contributed by atoms with Crippen LogP contribution in [0.25, 0.3) is 5.57 Å². The van der Waals surface area contributed by atoms with Gasteiger partial charge in [-0.1, -0.05) is 60.7 Å². The van der Waals surface area contributed by atoms with E-state index in [4.69, 9.17) is 4.99 Å². The average molecular weight is 660 g/mol. The molecule has 0 fully saturated rings. The first-order valence-corrected chi connectivity index (χ1v) is 16.7. The Morgan fingerprint density at radius 1 is 0.604 bits per heavy atom. The van der Waals surface area contributed by atoms with Crippen LogP contribution in [0.3, 0.4) is 0 Å². The Balaban J connectivity index is 0.00000451. The molecular weight excluding hydrogens is 626 g/mol. The molecule has 0 saturated heterocycles. The van der Waals surface area contributed by atoms with Gasteiger partial charge in [-0.3, -0.25) is 0 Å². The molecule has 6 nitrogen and oxygen atoms in total. The van der Waals surface area contributed by atoms with Gasteiger partial charge < -0.3 is 15.2 Å². The van der Waals surface area contributed by atoms with E-state index in [9.17, 15) is 13.0 Å². The number of aryl methyl sites for hydroxylation is 3. The summed E-state index contributed by atoms with van der Waals surface area (Å²) in [6, 6.07) is 37.5. The molecule has 0 amide bonds. The fraction of sp³-hybridized carbons (Fsp3) is 0.0750. The second kappa shape index (κ2) is 15.2. The van der Waals surface area contributed by atoms with Gasteiger partial charge in [-0.05, 0) is 139 Å². The molecule has 0 unspecified atom stereocenters. The molecule has 0 spiro atoms. The minimum absolute atomic E-state index is 0. The molecule has 0 bridgehead atoms. The summed E-state index contributed by atoms with van der Waals surface area (Å²) in [5, 5.41) is 6.80. The van der Waals surface area contributed by atoms with Crippen LogP contribution in [0, 0.1) is 20.8 Å². The van der Waals surface area contributed by atoms with Gasteiger partial charge in [0.15, 0.2) is 0 Å². The van der Waals surface area contributed by atoms with Crippen LogP contribution in [-0.2, 0) is 10.1 Å². The van der Waals surface area contributed by atoms with E-state index in [0.29, 0.717) is 11.3 Å². The van der Waals surface area contributed by atoms with Gasteiger partial charge in [0.1, 0.15) is 10.1 Å². The smallest absolute Gasteiger partial charge is 0.744 e. The van der Waals surface area contributed by atoms with E-state index in [-0.39, 0.29) is 34.5 Å². The van der Waals surface area contributed by atoms with Gasteiger partial charge in [-0.25, -0.2) is 13.4 Å². The van der Waals surface area contributed by atoms with Crippen LogP contribution in [0.1, 0.15) is 27.8 Å². The summed E-state index contributed by atoms with van der Waals surface area (Å²) in [6.45, 7) is 5.75. The van der Waals surface area contributed by atoms with Crippen molar-refractivity contribution < 1.29 is 42.5 Å². The van der Waals surface area contributed by atoms with Gasteiger partial charge >= 0.3 is 29.6 Å². The monoisotopic (exact) mass is 659 g/mol. The van der Waals surface area contributed by atoms with Crippen molar-refractivity contribution in [2.45, 2.75) is 25.7 Å². The first-order chi connectivity index (χ1) is 22.6. The number of hydrogen-bond donors (Lipinski definition) is 2. The van der Waals surface area contributed by atoms with Crippen LogP contribution in [-0.4, -0.2) is 18.7 Å². The Bertz CT molecular complexity index is 2170. The molecule has 1 aliphatic carbocycles. The third-order valence-electron chi connectivity index (χ3n) is 7.80. The van der Waals surface area contributed by atoms with Crippen molar-refractivity contribution in [2.24, 2.45) is 4.99 Å². The summed E-state index contributed by atoms with van der Waals surface area (Å²) < 4.78 is 34.5. The molecule has 0 radical (unpaired) electrons. The molecule has 5 aromatic carbocycles. The number of aliphatic imine (C=N–C) groups is 1. The first kappa shape index (κ1) is 34.8. The number of nitrogens with one attached hydrogen (secondary N) is 2. The van der Waals surface area contributed by atoms with E-state index in [1.54, 1.807) is 19.1 Å². The fourth-order valence-electron chi connectivity index (χ4n) is 5.55. The van der Waals surface area contributed by atoms with Crippen molar-refractivity contribution >= 4 is 49.8 Å². The molecule has 0 aliphatic heterocycles. The molecule has 5 aromatic rings. The fourth-order valence-corrected chi connectivity index (χ4v) is 6.24. The number of benzene rings is 5. The van der Waals surface area contributed by atoms with Crippen LogP contribution in [0.2, 0.25) is 0 Å². The number of allylic oxidation sites excluding steroid dienone is 5. The minimum atomic E-state index is -4.52. The third-order valence-corrected chi connectivity index (χ3v) is 8.80. The van der Waals surface area contributed by atoms with Crippen LogP contribution in [0.4, 0.5) is 28.4 Å². The zero-order chi connectivity index (χ0) is 33.0. The SMILES string of the molecule is Cc1cccc(N=C2C=CC(=C(c3ccc(Nc4cccc(C)c4)cc3)c3ccc(Nc4ccc(S(=O)(=O)[O-])c(C)c4)cc3)C=C2)c1.[Na+]. The van der Waals surface area contributed by atoms with Crippen LogP contribution in [0.5, 0.6) is 0 Å². The molecular formula is C40H34N3NaO3S. The second-order valence-corrected chi connectivity index (χ2v) is 12.9. The Morgan fingerprint density at radius 2 is 1.12 bits per heavy atom. The summed E-state index contributed by atoms with van der Waals surface area (Å²) in [5.41, 5.74) is 12.3. The molecule has 1 aliphatic rings. The molecule has 0 atom stereocenters. The van der Waals surface area contributed by atoms with E-state index in [0.717, 1.165) is 50.7 Å². The van der Waals surface area contributed by atoms with Gasteiger partial charge in [0.2, 0.25) is 0 Å². The Labute approximate surface area is 304 Å². The van der Waals surface area contributed by atoms with Gasteiger partial charge in [-0.2, -0.15) is 0 Å². The van der Waals surface area contributed by atoms with Crippen molar-refractivity contribution in [1.29, 1.82) is 0 Å².